The third-order valence-electron chi connectivity index (χ3n) is 2.10. The van der Waals surface area contributed by atoms with Gasteiger partial charge in [-0.25, -0.2) is 9.37 Å². The van der Waals surface area contributed by atoms with E-state index in [4.69, 9.17) is 11.6 Å². The molecule has 0 aliphatic carbocycles. The molecule has 1 aromatic heterocycles. The summed E-state index contributed by atoms with van der Waals surface area (Å²) in [4.78, 5) is 15.5. The predicted molar refractivity (Wildman–Crippen MR) is 63.6 cm³/mol. The van der Waals surface area contributed by atoms with E-state index < -0.39 is 11.7 Å². The summed E-state index contributed by atoms with van der Waals surface area (Å²) in [6, 6.07) is 8.82. The van der Waals surface area contributed by atoms with Crippen molar-refractivity contribution in [3.8, 4) is 0 Å². The Morgan fingerprint density at radius 2 is 2.06 bits per heavy atom. The maximum Gasteiger partial charge on any atom is 0.258 e. The Hall–Kier alpha value is -1.94. The van der Waals surface area contributed by atoms with Crippen LogP contribution in [0.25, 0.3) is 0 Å². The fraction of sp³-hybridized carbons (Fsp3) is 0. The molecule has 0 fully saturated rings. The van der Waals surface area contributed by atoms with E-state index in [0.29, 0.717) is 5.69 Å². The highest BCUT2D eigenvalue weighted by Crippen LogP contribution is 2.14. The molecule has 2 aromatic rings. The Labute approximate surface area is 102 Å². The molecule has 0 unspecified atom stereocenters. The first-order chi connectivity index (χ1) is 8.16. The number of hydrogen-bond donors (Lipinski definition) is 1. The maximum atomic E-state index is 13.3. The van der Waals surface area contributed by atoms with Crippen LogP contribution < -0.4 is 5.32 Å². The zero-order chi connectivity index (χ0) is 12.3. The smallest absolute Gasteiger partial charge is 0.258 e. The lowest BCUT2D eigenvalue weighted by Crippen LogP contribution is -2.13. The van der Waals surface area contributed by atoms with Crippen LogP contribution in [0.4, 0.5) is 10.1 Å². The number of carbonyl (C=O) groups excluding carboxylic acids is 1. The van der Waals surface area contributed by atoms with E-state index in [1.54, 1.807) is 12.1 Å². The van der Waals surface area contributed by atoms with Crippen molar-refractivity contribution >= 4 is 23.2 Å². The van der Waals surface area contributed by atoms with E-state index in [-0.39, 0.29) is 10.7 Å². The van der Waals surface area contributed by atoms with Gasteiger partial charge in [-0.3, -0.25) is 4.79 Å². The Morgan fingerprint density at radius 1 is 1.29 bits per heavy atom. The fourth-order valence-electron chi connectivity index (χ4n) is 1.32. The number of nitrogens with zero attached hydrogens (tertiary/aromatic N) is 1. The number of halogens is 2. The molecule has 0 bridgehead atoms. The minimum atomic E-state index is -0.565. The second-order valence-corrected chi connectivity index (χ2v) is 3.69. The molecule has 1 heterocycles. The largest absolute Gasteiger partial charge is 0.322 e. The summed E-state index contributed by atoms with van der Waals surface area (Å²) in [5, 5.41) is 2.80. The molecule has 1 N–H and O–H groups in total. The van der Waals surface area contributed by atoms with Gasteiger partial charge in [0.25, 0.3) is 5.91 Å². The summed E-state index contributed by atoms with van der Waals surface area (Å²) in [6.07, 6.45) is 1.46. The number of rotatable bonds is 2. The van der Waals surface area contributed by atoms with Crippen molar-refractivity contribution in [2.24, 2.45) is 0 Å². The Kier molecular flexibility index (Phi) is 3.35. The third-order valence-corrected chi connectivity index (χ3v) is 2.31. The van der Waals surface area contributed by atoms with E-state index in [0.717, 1.165) is 0 Å². The van der Waals surface area contributed by atoms with Crippen molar-refractivity contribution in [1.82, 2.24) is 4.98 Å². The number of hydrogen-bond acceptors (Lipinski definition) is 2. The Balaban J connectivity index is 2.20. The van der Waals surface area contributed by atoms with Gasteiger partial charge in [-0.1, -0.05) is 23.7 Å². The zero-order valence-electron chi connectivity index (χ0n) is 8.65. The number of amides is 1. The van der Waals surface area contributed by atoms with Crippen molar-refractivity contribution in [2.45, 2.75) is 0 Å². The quantitative estimate of drug-likeness (QED) is 0.832. The van der Waals surface area contributed by atoms with E-state index in [1.165, 1.54) is 30.5 Å². The van der Waals surface area contributed by atoms with Crippen LogP contribution in [0, 0.1) is 5.82 Å². The molecule has 17 heavy (non-hydrogen) atoms. The number of aromatic nitrogens is 1. The normalized spacial score (nSPS) is 10.0. The summed E-state index contributed by atoms with van der Waals surface area (Å²) in [5.41, 5.74) is 0.457. The van der Waals surface area contributed by atoms with Gasteiger partial charge in [0, 0.05) is 11.9 Å². The van der Waals surface area contributed by atoms with E-state index in [9.17, 15) is 9.18 Å². The molecule has 0 spiro atoms. The van der Waals surface area contributed by atoms with Gasteiger partial charge in [0.1, 0.15) is 11.0 Å². The molecule has 5 heteroatoms. The fourth-order valence-corrected chi connectivity index (χ4v) is 1.50. The van der Waals surface area contributed by atoms with Crippen LogP contribution >= 0.6 is 11.6 Å². The summed E-state index contributed by atoms with van der Waals surface area (Å²) >= 11 is 5.67. The second-order valence-electron chi connectivity index (χ2n) is 3.30. The molecule has 1 aromatic carbocycles. The van der Waals surface area contributed by atoms with Gasteiger partial charge in [-0.05, 0) is 24.3 Å². The first-order valence-corrected chi connectivity index (χ1v) is 5.22. The van der Waals surface area contributed by atoms with E-state index >= 15 is 0 Å². The van der Waals surface area contributed by atoms with Crippen molar-refractivity contribution in [3.05, 3.63) is 59.1 Å². The average molecular weight is 251 g/mol. The summed E-state index contributed by atoms with van der Waals surface area (Å²) < 4.78 is 13.3. The molecule has 0 saturated carbocycles. The standard InChI is InChI=1S/C12H8ClFN2O/c13-11-7-8(5-6-15-11)16-12(17)9-3-1-2-4-10(9)14/h1-7H,(H,15,16,17). The lowest BCUT2D eigenvalue weighted by Gasteiger charge is -2.05. The first kappa shape index (κ1) is 11.5. The van der Waals surface area contributed by atoms with E-state index in [2.05, 4.69) is 10.3 Å². The lowest BCUT2D eigenvalue weighted by molar-refractivity contribution is 0.102. The third kappa shape index (κ3) is 2.79. The van der Waals surface area contributed by atoms with Gasteiger partial charge in [-0.15, -0.1) is 0 Å². The summed E-state index contributed by atoms with van der Waals surface area (Å²) in [6.45, 7) is 0. The predicted octanol–water partition coefficient (Wildman–Crippen LogP) is 3.13. The van der Waals surface area contributed by atoms with Crippen LogP contribution in [0.5, 0.6) is 0 Å². The number of anilines is 1. The maximum absolute atomic E-state index is 13.3. The zero-order valence-corrected chi connectivity index (χ0v) is 9.41. The highest BCUT2D eigenvalue weighted by atomic mass is 35.5. The van der Waals surface area contributed by atoms with Gasteiger partial charge < -0.3 is 5.32 Å². The molecule has 2 rings (SSSR count). The minimum Gasteiger partial charge on any atom is -0.322 e. The van der Waals surface area contributed by atoms with Crippen LogP contribution in [-0.4, -0.2) is 10.9 Å². The van der Waals surface area contributed by atoms with Crippen LogP contribution in [0.3, 0.4) is 0 Å². The van der Waals surface area contributed by atoms with Crippen molar-refractivity contribution in [3.63, 3.8) is 0 Å². The molecule has 1 amide bonds. The number of nitrogens with one attached hydrogen (secondary N) is 1. The molecular weight excluding hydrogens is 243 g/mol. The van der Waals surface area contributed by atoms with Crippen molar-refractivity contribution in [2.75, 3.05) is 5.32 Å². The molecular formula is C12H8ClFN2O. The average Bonchev–Trinajstić information content (AvgIpc) is 2.29. The molecule has 86 valence electrons. The molecule has 0 aliphatic heterocycles. The van der Waals surface area contributed by atoms with Crippen LogP contribution in [0.1, 0.15) is 10.4 Å². The van der Waals surface area contributed by atoms with Gasteiger partial charge in [-0.2, -0.15) is 0 Å². The summed E-state index contributed by atoms with van der Waals surface area (Å²) in [7, 11) is 0. The molecule has 3 nitrogen and oxygen atoms in total. The molecule has 0 aliphatic rings. The van der Waals surface area contributed by atoms with Gasteiger partial charge in [0.05, 0.1) is 5.56 Å². The van der Waals surface area contributed by atoms with Gasteiger partial charge in [0.2, 0.25) is 0 Å². The molecule has 0 atom stereocenters. The highest BCUT2D eigenvalue weighted by molar-refractivity contribution is 6.29. The Bertz CT molecular complexity index is 560. The monoisotopic (exact) mass is 250 g/mol. The van der Waals surface area contributed by atoms with Gasteiger partial charge in [0.15, 0.2) is 0 Å². The topological polar surface area (TPSA) is 42.0 Å². The first-order valence-electron chi connectivity index (χ1n) is 4.84. The Morgan fingerprint density at radius 3 is 2.76 bits per heavy atom. The van der Waals surface area contributed by atoms with Crippen molar-refractivity contribution < 1.29 is 9.18 Å². The van der Waals surface area contributed by atoms with Crippen LogP contribution in [0.2, 0.25) is 5.15 Å². The lowest BCUT2D eigenvalue weighted by atomic mass is 10.2. The van der Waals surface area contributed by atoms with E-state index in [1.807, 2.05) is 0 Å². The van der Waals surface area contributed by atoms with Gasteiger partial charge >= 0.3 is 0 Å². The number of pyridine rings is 1. The number of benzene rings is 1. The summed E-state index contributed by atoms with van der Waals surface area (Å²) in [5.74, 6) is -1.09. The van der Waals surface area contributed by atoms with Crippen LogP contribution in [-0.2, 0) is 0 Å². The second kappa shape index (κ2) is 4.93. The highest BCUT2D eigenvalue weighted by Gasteiger charge is 2.10. The minimum absolute atomic E-state index is 0.0135. The van der Waals surface area contributed by atoms with Crippen molar-refractivity contribution in [1.29, 1.82) is 0 Å². The molecule has 0 saturated heterocycles. The van der Waals surface area contributed by atoms with Crippen LogP contribution in [0.15, 0.2) is 42.6 Å². The SMILES string of the molecule is O=C(Nc1ccnc(Cl)c1)c1ccccc1F. The number of carbonyl (C=O) groups is 1. The molecule has 0 radical (unpaired) electrons.